The molecular weight excluding hydrogens is 290 g/mol. The van der Waals surface area contributed by atoms with E-state index in [1.807, 2.05) is 19.1 Å². The van der Waals surface area contributed by atoms with Gasteiger partial charge in [0, 0.05) is 29.7 Å². The van der Waals surface area contributed by atoms with E-state index in [-0.39, 0.29) is 23.1 Å². The molecule has 0 aliphatic rings. The Morgan fingerprint density at radius 1 is 1.22 bits per heavy atom. The lowest BCUT2D eigenvalue weighted by atomic mass is 10.1. The Morgan fingerprint density at radius 3 is 2.57 bits per heavy atom. The summed E-state index contributed by atoms with van der Waals surface area (Å²) in [7, 11) is 0. The molecule has 0 unspecified atom stereocenters. The van der Waals surface area contributed by atoms with Crippen molar-refractivity contribution in [1.82, 2.24) is 15.3 Å². The Labute approximate surface area is 136 Å². The molecule has 23 heavy (non-hydrogen) atoms. The van der Waals surface area contributed by atoms with Crippen molar-refractivity contribution in [3.63, 3.8) is 0 Å². The van der Waals surface area contributed by atoms with Crippen molar-refractivity contribution < 1.29 is 4.79 Å². The second-order valence-electron chi connectivity index (χ2n) is 5.57. The molecule has 5 heteroatoms. The van der Waals surface area contributed by atoms with E-state index in [1.54, 1.807) is 24.5 Å². The maximum absolute atomic E-state index is 12.3. The zero-order chi connectivity index (χ0) is 16.7. The monoisotopic (exact) mass is 313 g/mol. The van der Waals surface area contributed by atoms with E-state index >= 15 is 0 Å². The van der Waals surface area contributed by atoms with Crippen LogP contribution in [0.5, 0.6) is 0 Å². The fraction of sp³-hybridized carbons (Fsp3) is 0.389. The third-order valence-electron chi connectivity index (χ3n) is 3.88. The number of aromatic nitrogens is 2. The molecule has 0 saturated carbocycles. The van der Waals surface area contributed by atoms with E-state index in [0.29, 0.717) is 5.69 Å². The van der Waals surface area contributed by atoms with Gasteiger partial charge in [-0.05, 0) is 37.1 Å². The van der Waals surface area contributed by atoms with Crippen molar-refractivity contribution >= 4 is 5.91 Å². The van der Waals surface area contributed by atoms with Crippen molar-refractivity contribution in [2.75, 3.05) is 0 Å². The predicted molar refractivity (Wildman–Crippen MR) is 91.4 cm³/mol. The Kier molecular flexibility index (Phi) is 6.09. The number of hydrogen-bond donors (Lipinski definition) is 2. The van der Waals surface area contributed by atoms with Crippen molar-refractivity contribution in [2.45, 2.75) is 45.6 Å². The molecule has 2 aromatic rings. The summed E-state index contributed by atoms with van der Waals surface area (Å²) in [6, 6.07) is 7.06. The lowest BCUT2D eigenvalue weighted by molar-refractivity contribution is 0.0932. The van der Waals surface area contributed by atoms with Gasteiger partial charge >= 0.3 is 0 Å². The molecule has 0 bridgehead atoms. The minimum atomic E-state index is -0.373. The van der Waals surface area contributed by atoms with Crippen molar-refractivity contribution in [3.05, 3.63) is 52.6 Å². The summed E-state index contributed by atoms with van der Waals surface area (Å²) in [4.78, 5) is 31.2. The Hall–Kier alpha value is -2.43. The van der Waals surface area contributed by atoms with Crippen LogP contribution in [0, 0.1) is 0 Å². The lowest BCUT2D eigenvalue weighted by Crippen LogP contribution is -2.37. The van der Waals surface area contributed by atoms with Crippen molar-refractivity contribution in [1.29, 1.82) is 0 Å². The molecule has 0 radical (unpaired) electrons. The van der Waals surface area contributed by atoms with E-state index in [2.05, 4.69) is 22.2 Å². The topological polar surface area (TPSA) is 74.8 Å². The third-order valence-corrected chi connectivity index (χ3v) is 3.88. The van der Waals surface area contributed by atoms with Gasteiger partial charge in [0.2, 0.25) is 0 Å². The number of pyridine rings is 2. The van der Waals surface area contributed by atoms with E-state index in [9.17, 15) is 9.59 Å². The van der Waals surface area contributed by atoms with Crippen molar-refractivity contribution in [2.24, 2.45) is 0 Å². The molecule has 0 aliphatic carbocycles. The van der Waals surface area contributed by atoms with E-state index < -0.39 is 0 Å². The molecule has 2 aromatic heterocycles. The first-order chi connectivity index (χ1) is 11.2. The average Bonchev–Trinajstić information content (AvgIpc) is 2.59. The molecule has 122 valence electrons. The Bertz CT molecular complexity index is 695. The van der Waals surface area contributed by atoms with Crippen LogP contribution in [0.2, 0.25) is 0 Å². The number of nitrogens with zero attached hydrogens (tertiary/aromatic N) is 1. The van der Waals surface area contributed by atoms with Crippen LogP contribution in [-0.4, -0.2) is 21.9 Å². The number of aromatic amines is 1. The standard InChI is InChI=1S/C18H23N3O2/c1-3-5-6-14(4-2)20-17(22)15-7-8-16(21-18(15)23)13-9-11-19-12-10-13/h7-12,14H,3-6H2,1-2H3,(H,20,22)(H,21,23)/t14-/m0/s1. The molecule has 0 saturated heterocycles. The van der Waals surface area contributed by atoms with Gasteiger partial charge in [-0.1, -0.05) is 26.7 Å². The van der Waals surface area contributed by atoms with Gasteiger partial charge in [-0.3, -0.25) is 14.6 Å². The number of unbranched alkanes of at least 4 members (excludes halogenated alkanes) is 1. The number of H-pyrrole nitrogens is 1. The largest absolute Gasteiger partial charge is 0.349 e. The maximum atomic E-state index is 12.3. The summed E-state index contributed by atoms with van der Waals surface area (Å²) in [5.41, 5.74) is 1.31. The zero-order valence-electron chi connectivity index (χ0n) is 13.6. The van der Waals surface area contributed by atoms with E-state index in [0.717, 1.165) is 31.2 Å². The number of carbonyl (C=O) groups excluding carboxylic acids is 1. The van der Waals surface area contributed by atoms with Crippen LogP contribution in [0.3, 0.4) is 0 Å². The third kappa shape index (κ3) is 4.52. The number of rotatable bonds is 7. The van der Waals surface area contributed by atoms with Gasteiger partial charge in [0.1, 0.15) is 5.56 Å². The molecule has 1 atom stereocenters. The molecule has 1 amide bonds. The molecule has 2 N–H and O–H groups in total. The highest BCUT2D eigenvalue weighted by molar-refractivity contribution is 5.94. The first kappa shape index (κ1) is 16.9. The Balaban J connectivity index is 2.14. The highest BCUT2D eigenvalue weighted by Crippen LogP contribution is 2.14. The summed E-state index contributed by atoms with van der Waals surface area (Å²) in [5, 5.41) is 2.95. The molecule has 0 spiro atoms. The first-order valence-electron chi connectivity index (χ1n) is 8.10. The maximum Gasteiger partial charge on any atom is 0.261 e. The molecule has 0 aliphatic heterocycles. The van der Waals surface area contributed by atoms with Crippen LogP contribution in [-0.2, 0) is 0 Å². The van der Waals surface area contributed by atoms with Crippen LogP contribution < -0.4 is 10.9 Å². The van der Waals surface area contributed by atoms with Gasteiger partial charge in [-0.15, -0.1) is 0 Å². The minimum absolute atomic E-state index is 0.113. The normalized spacial score (nSPS) is 11.9. The smallest absolute Gasteiger partial charge is 0.261 e. The average molecular weight is 313 g/mol. The zero-order valence-corrected chi connectivity index (χ0v) is 13.6. The first-order valence-corrected chi connectivity index (χ1v) is 8.10. The summed E-state index contributed by atoms with van der Waals surface area (Å²) >= 11 is 0. The fourth-order valence-corrected chi connectivity index (χ4v) is 2.44. The Morgan fingerprint density at radius 2 is 1.96 bits per heavy atom. The van der Waals surface area contributed by atoms with Gasteiger partial charge in [-0.2, -0.15) is 0 Å². The van der Waals surface area contributed by atoms with Crippen LogP contribution in [0.4, 0.5) is 0 Å². The molecule has 5 nitrogen and oxygen atoms in total. The quantitative estimate of drug-likeness (QED) is 0.824. The second-order valence-corrected chi connectivity index (χ2v) is 5.57. The van der Waals surface area contributed by atoms with Crippen LogP contribution in [0.1, 0.15) is 49.9 Å². The number of nitrogens with one attached hydrogen (secondary N) is 2. The van der Waals surface area contributed by atoms with Gasteiger partial charge in [-0.25, -0.2) is 0 Å². The van der Waals surface area contributed by atoms with Gasteiger partial charge < -0.3 is 10.3 Å². The summed E-state index contributed by atoms with van der Waals surface area (Å²) in [6.45, 7) is 4.16. The molecule has 2 rings (SSSR count). The molecule has 0 aromatic carbocycles. The molecular formula is C18H23N3O2. The number of hydrogen-bond acceptors (Lipinski definition) is 3. The highest BCUT2D eigenvalue weighted by atomic mass is 16.2. The van der Waals surface area contributed by atoms with Crippen LogP contribution in [0.15, 0.2) is 41.5 Å². The van der Waals surface area contributed by atoms with Gasteiger partial charge in [0.05, 0.1) is 0 Å². The molecule has 2 heterocycles. The summed E-state index contributed by atoms with van der Waals surface area (Å²) < 4.78 is 0. The summed E-state index contributed by atoms with van der Waals surface area (Å²) in [5.74, 6) is -0.310. The molecule has 0 fully saturated rings. The predicted octanol–water partition coefficient (Wildman–Crippen LogP) is 3.14. The number of amides is 1. The lowest BCUT2D eigenvalue weighted by Gasteiger charge is -2.16. The van der Waals surface area contributed by atoms with Crippen LogP contribution >= 0.6 is 0 Å². The second kappa shape index (κ2) is 8.27. The van der Waals surface area contributed by atoms with E-state index in [1.165, 1.54) is 0 Å². The fourth-order valence-electron chi connectivity index (χ4n) is 2.44. The van der Waals surface area contributed by atoms with Crippen molar-refractivity contribution in [3.8, 4) is 11.3 Å². The minimum Gasteiger partial charge on any atom is -0.349 e. The number of carbonyl (C=O) groups is 1. The summed E-state index contributed by atoms with van der Waals surface area (Å²) in [6.07, 6.45) is 7.27. The highest BCUT2D eigenvalue weighted by Gasteiger charge is 2.15. The van der Waals surface area contributed by atoms with Crippen LogP contribution in [0.25, 0.3) is 11.3 Å². The SMILES string of the molecule is CCCC[C@H](CC)NC(=O)c1ccc(-c2ccncc2)[nH]c1=O. The van der Waals surface area contributed by atoms with Gasteiger partial charge in [0.15, 0.2) is 0 Å². The van der Waals surface area contributed by atoms with E-state index in [4.69, 9.17) is 0 Å². The van der Waals surface area contributed by atoms with Gasteiger partial charge in [0.25, 0.3) is 11.5 Å².